The molecule has 1 aromatic carbocycles. The van der Waals surface area contributed by atoms with Gasteiger partial charge < -0.3 is 18.9 Å². The van der Waals surface area contributed by atoms with Crippen molar-refractivity contribution in [3.8, 4) is 5.75 Å². The molecule has 31 heavy (non-hydrogen) atoms. The van der Waals surface area contributed by atoms with Gasteiger partial charge in [0.15, 0.2) is 5.82 Å². The Morgan fingerprint density at radius 3 is 2.77 bits per heavy atom. The molecule has 2 aromatic rings. The summed E-state index contributed by atoms with van der Waals surface area (Å²) in [5.74, 6) is 2.21. The van der Waals surface area contributed by atoms with Crippen LogP contribution in [-0.4, -0.2) is 77.9 Å². The standard InChI is InChI=1S/C23H30N4O4/c1-3-30-20-7-5-4-6-19(20)21(28)27-13-17-12-26(18-8-10-29-11-9-18)14-23(17,15-27)22-24-16(2)25-31-22/h4-7,17-18H,3,8-15H2,1-2H3/t17-,23-/m1/s1. The van der Waals surface area contributed by atoms with Gasteiger partial charge in [-0.15, -0.1) is 0 Å². The SMILES string of the molecule is CCOc1ccccc1C(=O)N1C[C@H]2CN(C3CCOCC3)C[C@@]2(c2nc(C)no2)C1. The van der Waals surface area contributed by atoms with Crippen LogP contribution in [0.3, 0.4) is 0 Å². The van der Waals surface area contributed by atoms with Crippen molar-refractivity contribution in [2.24, 2.45) is 5.92 Å². The molecule has 3 aliphatic rings. The monoisotopic (exact) mass is 426 g/mol. The largest absolute Gasteiger partial charge is 0.493 e. The van der Waals surface area contributed by atoms with Crippen molar-refractivity contribution in [2.75, 3.05) is 46.0 Å². The number of para-hydroxylation sites is 1. The van der Waals surface area contributed by atoms with Crippen LogP contribution in [0.2, 0.25) is 0 Å². The minimum Gasteiger partial charge on any atom is -0.493 e. The number of amides is 1. The summed E-state index contributed by atoms with van der Waals surface area (Å²) < 4.78 is 17.0. The van der Waals surface area contributed by atoms with E-state index in [0.29, 0.717) is 48.8 Å². The van der Waals surface area contributed by atoms with E-state index in [0.717, 1.165) is 39.1 Å². The lowest BCUT2D eigenvalue weighted by molar-refractivity contribution is 0.0369. The van der Waals surface area contributed by atoms with Gasteiger partial charge in [-0.3, -0.25) is 9.69 Å². The Morgan fingerprint density at radius 2 is 2.03 bits per heavy atom. The van der Waals surface area contributed by atoms with Gasteiger partial charge >= 0.3 is 0 Å². The average Bonchev–Trinajstić information content (AvgIpc) is 3.47. The van der Waals surface area contributed by atoms with Crippen LogP contribution < -0.4 is 4.74 Å². The highest BCUT2D eigenvalue weighted by Gasteiger charge is 2.58. The number of hydrogen-bond acceptors (Lipinski definition) is 7. The van der Waals surface area contributed by atoms with Gasteiger partial charge in [0.25, 0.3) is 5.91 Å². The van der Waals surface area contributed by atoms with Gasteiger partial charge in [0.1, 0.15) is 5.75 Å². The van der Waals surface area contributed by atoms with Crippen LogP contribution >= 0.6 is 0 Å². The Balaban J connectivity index is 1.42. The molecule has 4 heterocycles. The first-order valence-corrected chi connectivity index (χ1v) is 11.2. The van der Waals surface area contributed by atoms with Crippen molar-refractivity contribution >= 4 is 5.91 Å². The van der Waals surface area contributed by atoms with Crippen molar-refractivity contribution in [2.45, 2.75) is 38.1 Å². The molecule has 3 aliphatic heterocycles. The normalized spacial score (nSPS) is 26.9. The lowest BCUT2D eigenvalue weighted by atomic mass is 9.81. The van der Waals surface area contributed by atoms with E-state index in [9.17, 15) is 4.79 Å². The smallest absolute Gasteiger partial charge is 0.257 e. The van der Waals surface area contributed by atoms with E-state index in [1.54, 1.807) is 0 Å². The minimum atomic E-state index is -0.324. The predicted octanol–water partition coefficient (Wildman–Crippen LogP) is 2.28. The molecule has 8 heteroatoms. The molecule has 1 amide bonds. The third-order valence-corrected chi connectivity index (χ3v) is 7.00. The van der Waals surface area contributed by atoms with E-state index >= 15 is 0 Å². The van der Waals surface area contributed by atoms with Crippen LogP contribution in [-0.2, 0) is 10.2 Å². The second-order valence-electron chi connectivity index (χ2n) is 8.89. The number of ether oxygens (including phenoxy) is 2. The second kappa shape index (κ2) is 8.24. The van der Waals surface area contributed by atoms with E-state index in [1.807, 2.05) is 43.0 Å². The van der Waals surface area contributed by atoms with Gasteiger partial charge in [0.2, 0.25) is 5.89 Å². The summed E-state index contributed by atoms with van der Waals surface area (Å²) in [7, 11) is 0. The van der Waals surface area contributed by atoms with Gasteiger partial charge in [-0.25, -0.2) is 0 Å². The summed E-state index contributed by atoms with van der Waals surface area (Å²) in [6.07, 6.45) is 2.10. The van der Waals surface area contributed by atoms with Gasteiger partial charge in [-0.05, 0) is 38.8 Å². The molecule has 0 bridgehead atoms. The first kappa shape index (κ1) is 20.5. The average molecular weight is 427 g/mol. The third-order valence-electron chi connectivity index (χ3n) is 7.00. The number of hydrogen-bond donors (Lipinski definition) is 0. The van der Waals surface area contributed by atoms with Gasteiger partial charge in [0.05, 0.1) is 17.6 Å². The van der Waals surface area contributed by atoms with Crippen molar-refractivity contribution in [3.63, 3.8) is 0 Å². The van der Waals surface area contributed by atoms with E-state index in [2.05, 4.69) is 15.0 Å². The number of carbonyl (C=O) groups is 1. The second-order valence-corrected chi connectivity index (χ2v) is 8.89. The third kappa shape index (κ3) is 3.61. The maximum Gasteiger partial charge on any atom is 0.257 e. The highest BCUT2D eigenvalue weighted by molar-refractivity contribution is 5.97. The first-order chi connectivity index (χ1) is 15.1. The number of carbonyl (C=O) groups excluding carboxylic acids is 1. The van der Waals surface area contributed by atoms with Crippen molar-refractivity contribution in [1.29, 1.82) is 0 Å². The summed E-state index contributed by atoms with van der Waals surface area (Å²) in [5.41, 5.74) is 0.290. The molecule has 3 fully saturated rings. The van der Waals surface area contributed by atoms with Crippen LogP contribution in [0, 0.1) is 12.8 Å². The zero-order chi connectivity index (χ0) is 21.4. The van der Waals surface area contributed by atoms with Crippen LogP contribution in [0.15, 0.2) is 28.8 Å². The maximum atomic E-state index is 13.5. The number of rotatable bonds is 5. The molecule has 0 unspecified atom stereocenters. The number of aromatic nitrogens is 2. The van der Waals surface area contributed by atoms with E-state index in [-0.39, 0.29) is 17.2 Å². The molecule has 0 N–H and O–H groups in total. The van der Waals surface area contributed by atoms with Crippen LogP contribution in [0.5, 0.6) is 5.75 Å². The molecular weight excluding hydrogens is 396 g/mol. The topological polar surface area (TPSA) is 80.9 Å². The van der Waals surface area contributed by atoms with Crippen LogP contribution in [0.25, 0.3) is 0 Å². The van der Waals surface area contributed by atoms with Crippen molar-refractivity contribution in [3.05, 3.63) is 41.5 Å². The predicted molar refractivity (Wildman–Crippen MR) is 113 cm³/mol. The number of likely N-dealkylation sites (tertiary alicyclic amines) is 2. The Bertz CT molecular complexity index is 941. The van der Waals surface area contributed by atoms with Crippen molar-refractivity contribution in [1.82, 2.24) is 19.9 Å². The highest BCUT2D eigenvalue weighted by atomic mass is 16.5. The quantitative estimate of drug-likeness (QED) is 0.726. The fourth-order valence-electron chi connectivity index (χ4n) is 5.48. The molecule has 0 saturated carbocycles. The molecule has 3 saturated heterocycles. The molecular formula is C23H30N4O4. The summed E-state index contributed by atoms with van der Waals surface area (Å²) >= 11 is 0. The fraction of sp³-hybridized carbons (Fsp3) is 0.609. The lowest BCUT2D eigenvalue weighted by Crippen LogP contribution is -2.44. The summed E-state index contributed by atoms with van der Waals surface area (Å²) in [6, 6.07) is 8.01. The van der Waals surface area contributed by atoms with Crippen LogP contribution in [0.1, 0.15) is 41.8 Å². The minimum absolute atomic E-state index is 0.00618. The zero-order valence-corrected chi connectivity index (χ0v) is 18.2. The molecule has 0 aliphatic carbocycles. The van der Waals surface area contributed by atoms with E-state index < -0.39 is 0 Å². The molecule has 0 spiro atoms. The molecule has 0 radical (unpaired) electrons. The molecule has 1 aromatic heterocycles. The fourth-order valence-corrected chi connectivity index (χ4v) is 5.48. The highest BCUT2D eigenvalue weighted by Crippen LogP contribution is 2.46. The molecule has 8 nitrogen and oxygen atoms in total. The van der Waals surface area contributed by atoms with E-state index in [4.69, 9.17) is 14.0 Å². The first-order valence-electron chi connectivity index (χ1n) is 11.2. The Labute approximate surface area is 182 Å². The van der Waals surface area contributed by atoms with Gasteiger partial charge in [0, 0.05) is 51.4 Å². The molecule has 2 atom stereocenters. The van der Waals surface area contributed by atoms with E-state index in [1.165, 1.54) is 0 Å². The summed E-state index contributed by atoms with van der Waals surface area (Å²) in [5, 5.41) is 4.07. The molecule has 166 valence electrons. The summed E-state index contributed by atoms with van der Waals surface area (Å²) in [6.45, 7) is 8.97. The Kier molecular flexibility index (Phi) is 5.44. The number of aryl methyl sites for hydroxylation is 1. The Morgan fingerprint density at radius 1 is 1.23 bits per heavy atom. The Hall–Kier alpha value is -2.45. The van der Waals surface area contributed by atoms with Gasteiger partial charge in [-0.2, -0.15) is 4.98 Å². The number of nitrogens with zero attached hydrogens (tertiary/aromatic N) is 4. The van der Waals surface area contributed by atoms with Gasteiger partial charge in [-0.1, -0.05) is 17.3 Å². The summed E-state index contributed by atoms with van der Waals surface area (Å²) in [4.78, 5) is 22.6. The lowest BCUT2D eigenvalue weighted by Gasteiger charge is -2.33. The van der Waals surface area contributed by atoms with Crippen LogP contribution in [0.4, 0.5) is 0 Å². The van der Waals surface area contributed by atoms with Crippen molar-refractivity contribution < 1.29 is 18.8 Å². The molecule has 5 rings (SSSR count). The number of benzene rings is 1. The maximum absolute atomic E-state index is 13.5. The number of fused-ring (bicyclic) bond motifs is 1. The zero-order valence-electron chi connectivity index (χ0n) is 18.2.